The summed E-state index contributed by atoms with van der Waals surface area (Å²) in [6.07, 6.45) is 1.15. The largest absolute Gasteiger partial charge is 0.326 e. The summed E-state index contributed by atoms with van der Waals surface area (Å²) < 4.78 is 0. The highest BCUT2D eigenvalue weighted by atomic mass is 16.6. The summed E-state index contributed by atoms with van der Waals surface area (Å²) in [6.45, 7) is 3.82. The first-order chi connectivity index (χ1) is 12.9. The predicted octanol–water partition coefficient (Wildman–Crippen LogP) is 3.08. The number of rotatable bonds is 7. The van der Waals surface area contributed by atoms with E-state index in [2.05, 4.69) is 15.8 Å². The van der Waals surface area contributed by atoms with Crippen molar-refractivity contribution in [3.63, 3.8) is 0 Å². The van der Waals surface area contributed by atoms with Crippen molar-refractivity contribution < 1.29 is 14.5 Å². The van der Waals surface area contributed by atoms with Crippen LogP contribution in [0.2, 0.25) is 0 Å². The van der Waals surface area contributed by atoms with Gasteiger partial charge in [-0.05, 0) is 37.1 Å². The van der Waals surface area contributed by atoms with Crippen LogP contribution in [0.5, 0.6) is 0 Å². The Hall–Kier alpha value is -3.55. The van der Waals surface area contributed by atoms with E-state index in [9.17, 15) is 19.7 Å². The molecule has 27 heavy (non-hydrogen) atoms. The van der Waals surface area contributed by atoms with Gasteiger partial charge < -0.3 is 5.32 Å². The van der Waals surface area contributed by atoms with E-state index < -0.39 is 10.8 Å². The summed E-state index contributed by atoms with van der Waals surface area (Å²) in [5.74, 6) is -0.734. The average Bonchev–Trinajstić information content (AvgIpc) is 2.63. The van der Waals surface area contributed by atoms with Crippen molar-refractivity contribution in [2.24, 2.45) is 5.10 Å². The smallest absolute Gasteiger partial charge is 0.278 e. The molecule has 0 aliphatic carbocycles. The second-order valence-corrected chi connectivity index (χ2v) is 5.98. The third kappa shape index (κ3) is 6.03. The fourth-order valence-electron chi connectivity index (χ4n) is 2.30. The maximum absolute atomic E-state index is 12.0. The molecule has 8 nitrogen and oxygen atoms in total. The number of anilines is 1. The molecule has 0 bridgehead atoms. The van der Waals surface area contributed by atoms with Gasteiger partial charge >= 0.3 is 0 Å². The molecular weight excluding hydrogens is 348 g/mol. The lowest BCUT2D eigenvalue weighted by atomic mass is 10.1. The fourth-order valence-corrected chi connectivity index (χ4v) is 2.30. The van der Waals surface area contributed by atoms with Gasteiger partial charge in [0, 0.05) is 24.6 Å². The van der Waals surface area contributed by atoms with Crippen LogP contribution >= 0.6 is 0 Å². The van der Waals surface area contributed by atoms with Crippen LogP contribution in [0.25, 0.3) is 0 Å². The number of aryl methyl sites for hydroxylation is 2. The zero-order chi connectivity index (χ0) is 19.8. The molecule has 0 unspecified atom stereocenters. The van der Waals surface area contributed by atoms with Gasteiger partial charge in [0.1, 0.15) is 0 Å². The Bertz CT molecular complexity index is 893. The Labute approximate surface area is 156 Å². The first-order valence-corrected chi connectivity index (χ1v) is 8.29. The predicted molar refractivity (Wildman–Crippen MR) is 103 cm³/mol. The van der Waals surface area contributed by atoms with Gasteiger partial charge in [-0.15, -0.1) is 0 Å². The number of carbonyl (C=O) groups excluding carboxylic acids is 2. The lowest BCUT2D eigenvalue weighted by Crippen LogP contribution is -2.21. The van der Waals surface area contributed by atoms with Crippen molar-refractivity contribution in [2.45, 2.75) is 26.7 Å². The Morgan fingerprint density at radius 1 is 1.11 bits per heavy atom. The average molecular weight is 368 g/mol. The van der Waals surface area contributed by atoms with Crippen molar-refractivity contribution in [1.29, 1.82) is 0 Å². The molecular formula is C19H20N4O4. The third-order valence-corrected chi connectivity index (χ3v) is 3.77. The van der Waals surface area contributed by atoms with E-state index in [1.54, 1.807) is 12.1 Å². The second-order valence-electron chi connectivity index (χ2n) is 5.98. The lowest BCUT2D eigenvalue weighted by molar-refractivity contribution is -0.385. The number of hydrogen-bond acceptors (Lipinski definition) is 5. The summed E-state index contributed by atoms with van der Waals surface area (Å²) >= 11 is 0. The van der Waals surface area contributed by atoms with Crippen LogP contribution in [0.1, 0.15) is 29.5 Å². The van der Waals surface area contributed by atoms with Crippen LogP contribution < -0.4 is 10.7 Å². The zero-order valence-corrected chi connectivity index (χ0v) is 15.1. The Kier molecular flexibility index (Phi) is 6.76. The molecule has 0 fully saturated rings. The number of para-hydroxylation sites is 1. The Morgan fingerprint density at radius 2 is 1.81 bits per heavy atom. The third-order valence-electron chi connectivity index (χ3n) is 3.77. The molecule has 0 radical (unpaired) electrons. The molecule has 0 saturated carbocycles. The number of nitrogens with zero attached hydrogens (tertiary/aromatic N) is 2. The molecule has 8 heteroatoms. The fraction of sp³-hybridized carbons (Fsp3) is 0.211. The van der Waals surface area contributed by atoms with Crippen molar-refractivity contribution >= 4 is 29.4 Å². The van der Waals surface area contributed by atoms with Crippen molar-refractivity contribution in [2.75, 3.05) is 5.32 Å². The first-order valence-electron chi connectivity index (χ1n) is 8.29. The van der Waals surface area contributed by atoms with E-state index >= 15 is 0 Å². The van der Waals surface area contributed by atoms with Gasteiger partial charge in [0.2, 0.25) is 11.8 Å². The van der Waals surface area contributed by atoms with E-state index in [1.807, 2.05) is 32.0 Å². The van der Waals surface area contributed by atoms with Crippen molar-refractivity contribution in [3.05, 3.63) is 69.3 Å². The topological polar surface area (TPSA) is 114 Å². The highest BCUT2D eigenvalue weighted by Crippen LogP contribution is 2.17. The maximum atomic E-state index is 12.0. The minimum absolute atomic E-state index is 0.000218. The second kappa shape index (κ2) is 9.23. The standard InChI is InChI=1S/C19H20N4O4/c1-13-7-8-14(2)16(11-13)21-18(24)9-10-19(25)22-20-12-15-5-3-4-6-17(15)23(26)27/h3-8,11-12H,9-10H2,1-2H3,(H,21,24)(H,22,25). The number of benzene rings is 2. The molecule has 0 saturated heterocycles. The van der Waals surface area contributed by atoms with Crippen LogP contribution in [-0.4, -0.2) is 23.0 Å². The van der Waals surface area contributed by atoms with E-state index in [-0.39, 0.29) is 30.0 Å². The molecule has 2 amide bonds. The van der Waals surface area contributed by atoms with Gasteiger partial charge in [-0.2, -0.15) is 5.10 Å². The van der Waals surface area contributed by atoms with Crippen LogP contribution in [0.3, 0.4) is 0 Å². The zero-order valence-electron chi connectivity index (χ0n) is 15.1. The van der Waals surface area contributed by atoms with Crippen LogP contribution in [0.4, 0.5) is 11.4 Å². The number of nitrogens with one attached hydrogen (secondary N) is 2. The molecule has 2 N–H and O–H groups in total. The molecule has 0 aliphatic rings. The summed E-state index contributed by atoms with van der Waals surface area (Å²) in [7, 11) is 0. The van der Waals surface area contributed by atoms with Gasteiger partial charge in [-0.25, -0.2) is 5.43 Å². The molecule has 140 valence electrons. The molecule has 0 atom stereocenters. The Morgan fingerprint density at radius 3 is 2.56 bits per heavy atom. The van der Waals surface area contributed by atoms with Gasteiger partial charge in [-0.3, -0.25) is 19.7 Å². The molecule has 2 aromatic rings. The minimum atomic E-state index is -0.527. The summed E-state index contributed by atoms with van der Waals surface area (Å²) in [5.41, 5.74) is 5.11. The number of hydrogen-bond donors (Lipinski definition) is 2. The van der Waals surface area contributed by atoms with E-state index in [4.69, 9.17) is 0 Å². The number of carbonyl (C=O) groups is 2. The molecule has 2 aromatic carbocycles. The quantitative estimate of drug-likeness (QED) is 0.444. The minimum Gasteiger partial charge on any atom is -0.326 e. The molecule has 0 aromatic heterocycles. The van der Waals surface area contributed by atoms with Gasteiger partial charge in [-0.1, -0.05) is 24.3 Å². The highest BCUT2D eigenvalue weighted by Gasteiger charge is 2.11. The SMILES string of the molecule is Cc1ccc(C)c(NC(=O)CCC(=O)NN=Cc2ccccc2[N+](=O)[O-])c1. The van der Waals surface area contributed by atoms with Gasteiger partial charge in [0.25, 0.3) is 5.69 Å². The number of amides is 2. The van der Waals surface area contributed by atoms with Crippen molar-refractivity contribution in [3.8, 4) is 0 Å². The number of nitro groups is 1. The number of nitro benzene ring substituents is 1. The number of hydrazone groups is 1. The van der Waals surface area contributed by atoms with E-state index in [0.717, 1.165) is 16.8 Å². The lowest BCUT2D eigenvalue weighted by Gasteiger charge is -2.09. The van der Waals surface area contributed by atoms with Crippen LogP contribution in [0, 0.1) is 24.0 Å². The monoisotopic (exact) mass is 368 g/mol. The van der Waals surface area contributed by atoms with Gasteiger partial charge in [0.15, 0.2) is 0 Å². The van der Waals surface area contributed by atoms with E-state index in [1.165, 1.54) is 18.3 Å². The maximum Gasteiger partial charge on any atom is 0.278 e. The first kappa shape index (κ1) is 19.8. The molecule has 0 heterocycles. The molecule has 2 rings (SSSR count). The van der Waals surface area contributed by atoms with Gasteiger partial charge in [0.05, 0.1) is 16.7 Å². The summed E-state index contributed by atoms with van der Waals surface area (Å²) in [5, 5.41) is 17.4. The van der Waals surface area contributed by atoms with Crippen LogP contribution in [-0.2, 0) is 9.59 Å². The molecule has 0 aliphatic heterocycles. The van der Waals surface area contributed by atoms with E-state index in [0.29, 0.717) is 0 Å². The van der Waals surface area contributed by atoms with Crippen LogP contribution in [0.15, 0.2) is 47.6 Å². The summed E-state index contributed by atoms with van der Waals surface area (Å²) in [6, 6.07) is 11.8. The summed E-state index contributed by atoms with van der Waals surface area (Å²) in [4.78, 5) is 34.2. The highest BCUT2D eigenvalue weighted by molar-refractivity contribution is 5.94. The molecule has 0 spiro atoms. The van der Waals surface area contributed by atoms with Crippen molar-refractivity contribution in [1.82, 2.24) is 5.43 Å². The Balaban J connectivity index is 1.83. The normalized spacial score (nSPS) is 10.6.